The summed E-state index contributed by atoms with van der Waals surface area (Å²) < 4.78 is 0. The molecule has 0 aromatic heterocycles. The van der Waals surface area contributed by atoms with E-state index in [4.69, 9.17) is 0 Å². The Labute approximate surface area is 249 Å². The van der Waals surface area contributed by atoms with Crippen LogP contribution in [0.1, 0.15) is 105 Å². The first-order chi connectivity index (χ1) is 19.5. The number of fused-ring (bicyclic) bond motifs is 5. The maximum Gasteiger partial charge on any atom is 0.319 e. The zero-order valence-electron chi connectivity index (χ0n) is 26.6. The minimum Gasteiger partial charge on any atom is -0.393 e. The van der Waals surface area contributed by atoms with E-state index in [1.165, 1.54) is 44.9 Å². The average molecular weight is 568 g/mol. The van der Waals surface area contributed by atoms with Crippen molar-refractivity contribution in [3.63, 3.8) is 0 Å². The minimum absolute atomic E-state index is 0.0833. The van der Waals surface area contributed by atoms with Gasteiger partial charge in [0.25, 0.3) is 0 Å². The van der Waals surface area contributed by atoms with Gasteiger partial charge < -0.3 is 19.8 Å². The predicted octanol–water partition coefficient (Wildman–Crippen LogP) is 6.34. The number of carbonyl (C=O) groups excluding carboxylic acids is 2. The van der Waals surface area contributed by atoms with Crippen molar-refractivity contribution in [2.45, 2.75) is 117 Å². The molecule has 3 amide bonds. The monoisotopic (exact) mass is 567 g/mol. The van der Waals surface area contributed by atoms with Gasteiger partial charge in [-0.15, -0.1) is 0 Å². The summed E-state index contributed by atoms with van der Waals surface area (Å²) in [5, 5.41) is 10.3. The number of aliphatic hydroxyl groups is 1. The fourth-order valence-electron chi connectivity index (χ4n) is 10.8. The summed E-state index contributed by atoms with van der Waals surface area (Å²) in [5.41, 5.74) is 2.26. The Morgan fingerprint density at radius 3 is 2.59 bits per heavy atom. The third kappa shape index (κ3) is 5.38. The van der Waals surface area contributed by atoms with Gasteiger partial charge in [-0.2, -0.15) is 0 Å². The largest absolute Gasteiger partial charge is 0.393 e. The van der Waals surface area contributed by atoms with Crippen LogP contribution in [0.25, 0.3) is 0 Å². The van der Waals surface area contributed by atoms with Crippen LogP contribution in [0.15, 0.2) is 11.6 Å². The zero-order chi connectivity index (χ0) is 29.1. The maximum absolute atomic E-state index is 13.4. The Balaban J connectivity index is 1.02. The summed E-state index contributed by atoms with van der Waals surface area (Å²) in [6.07, 6.45) is 16.1. The second kappa shape index (κ2) is 11.2. The highest BCUT2D eigenvalue weighted by atomic mass is 16.3. The number of allylic oxidation sites excluding steroid dienone is 1. The molecule has 6 aliphatic rings. The molecular weight excluding hydrogens is 510 g/mol. The van der Waals surface area contributed by atoms with E-state index in [1.807, 2.05) is 16.8 Å². The first kappa shape index (κ1) is 29.5. The number of nitrogens with zero attached hydrogens (tertiary/aromatic N) is 3. The molecule has 5 aliphatic carbocycles. The van der Waals surface area contributed by atoms with Crippen LogP contribution in [0, 0.1) is 46.3 Å². The van der Waals surface area contributed by atoms with E-state index in [1.54, 1.807) is 5.57 Å². The quantitative estimate of drug-likeness (QED) is 0.381. The highest BCUT2D eigenvalue weighted by Gasteiger charge is 2.59. The van der Waals surface area contributed by atoms with Crippen LogP contribution >= 0.6 is 0 Å². The lowest BCUT2D eigenvalue weighted by Gasteiger charge is -2.58. The third-order valence-corrected chi connectivity index (χ3v) is 13.4. The summed E-state index contributed by atoms with van der Waals surface area (Å²) in [6, 6.07) is 0.211. The van der Waals surface area contributed by atoms with Crippen LogP contribution in [0.2, 0.25) is 0 Å². The molecule has 0 aromatic rings. The second-order valence-electron chi connectivity index (χ2n) is 15.9. The van der Waals surface area contributed by atoms with Crippen molar-refractivity contribution in [1.29, 1.82) is 0 Å². The zero-order valence-corrected chi connectivity index (χ0v) is 26.6. The van der Waals surface area contributed by atoms with Crippen molar-refractivity contribution >= 4 is 11.9 Å². The lowest BCUT2D eigenvalue weighted by atomic mass is 9.47. The van der Waals surface area contributed by atoms with E-state index < -0.39 is 0 Å². The lowest BCUT2D eigenvalue weighted by molar-refractivity contribution is -0.135. The van der Waals surface area contributed by atoms with Crippen LogP contribution < -0.4 is 0 Å². The molecule has 5 fully saturated rings. The van der Waals surface area contributed by atoms with Crippen molar-refractivity contribution in [2.75, 3.05) is 33.2 Å². The molecule has 0 bridgehead atoms. The SMILES string of the molecule is C[C@H](CCC(=O)N1CCN(C(=O)N(C)CC2CC2)C[C@@H]1C)[C@H]1CC[C@H]2[C@@H]3CC=C4C[C@@H](O)CC[C@]4(C)[C@H]3CC[C@]12C. The second-order valence-corrected chi connectivity index (χ2v) is 15.9. The number of amides is 3. The summed E-state index contributed by atoms with van der Waals surface area (Å²) in [4.78, 5) is 32.2. The van der Waals surface area contributed by atoms with Crippen LogP contribution in [-0.2, 0) is 4.79 Å². The molecule has 6 nitrogen and oxygen atoms in total. The first-order valence-corrected chi connectivity index (χ1v) is 17.2. The van der Waals surface area contributed by atoms with E-state index in [-0.39, 0.29) is 24.1 Å². The number of aliphatic hydroxyl groups excluding tert-OH is 1. The molecule has 230 valence electrons. The van der Waals surface area contributed by atoms with Crippen LogP contribution in [-0.4, -0.2) is 77.1 Å². The van der Waals surface area contributed by atoms with Gasteiger partial charge in [-0.1, -0.05) is 32.4 Å². The molecule has 4 saturated carbocycles. The molecule has 6 heteroatoms. The van der Waals surface area contributed by atoms with Crippen molar-refractivity contribution in [3.8, 4) is 0 Å². The topological polar surface area (TPSA) is 64.1 Å². The Kier molecular flexibility index (Phi) is 8.04. The van der Waals surface area contributed by atoms with Crippen LogP contribution in [0.4, 0.5) is 4.79 Å². The van der Waals surface area contributed by atoms with Gasteiger partial charge in [-0.05, 0) is 124 Å². The number of carbonyl (C=O) groups is 2. The van der Waals surface area contributed by atoms with Crippen LogP contribution in [0.5, 0.6) is 0 Å². The summed E-state index contributed by atoms with van der Waals surface area (Å²) in [7, 11) is 1.93. The highest BCUT2D eigenvalue weighted by molar-refractivity contribution is 5.78. The molecule has 1 heterocycles. The average Bonchev–Trinajstić information content (AvgIpc) is 3.69. The predicted molar refractivity (Wildman–Crippen MR) is 163 cm³/mol. The van der Waals surface area contributed by atoms with Gasteiger partial charge in [0.1, 0.15) is 0 Å². The van der Waals surface area contributed by atoms with Gasteiger partial charge in [0.05, 0.1) is 6.10 Å². The Bertz CT molecular complexity index is 1040. The van der Waals surface area contributed by atoms with E-state index >= 15 is 0 Å². The van der Waals surface area contributed by atoms with Crippen LogP contribution in [0.3, 0.4) is 0 Å². The molecule has 9 atom stereocenters. The molecule has 0 aromatic carbocycles. The Hall–Kier alpha value is -1.56. The highest BCUT2D eigenvalue weighted by Crippen LogP contribution is 2.67. The molecule has 1 N–H and O–H groups in total. The van der Waals surface area contributed by atoms with Gasteiger partial charge in [-0.25, -0.2) is 4.79 Å². The Morgan fingerprint density at radius 2 is 1.85 bits per heavy atom. The molecule has 0 spiro atoms. The molecular formula is C35H57N3O3. The van der Waals surface area contributed by atoms with Gasteiger partial charge in [0.2, 0.25) is 5.91 Å². The number of rotatable bonds is 6. The lowest BCUT2D eigenvalue weighted by Crippen LogP contribution is -2.57. The standard InChI is InChI=1S/C35H57N3O3/c1-23(6-13-32(40)38-19-18-37(21-24(38)2)33(41)36(5)22-25-7-8-25)29-11-12-30-28-10-9-26-20-27(39)14-16-34(26,3)31(28)15-17-35(29,30)4/h9,23-25,27-31,39H,6-8,10-22H2,1-5H3/t23-,24+,27+,28+,29-,30+,31+,34+,35-/m1/s1. The van der Waals surface area contributed by atoms with Gasteiger partial charge in [0, 0.05) is 45.7 Å². The van der Waals surface area contributed by atoms with Gasteiger partial charge in [0.15, 0.2) is 0 Å². The van der Waals surface area contributed by atoms with E-state index in [9.17, 15) is 14.7 Å². The van der Waals surface area contributed by atoms with Gasteiger partial charge >= 0.3 is 6.03 Å². The molecule has 0 unspecified atom stereocenters. The van der Waals surface area contributed by atoms with E-state index in [0.717, 1.165) is 50.0 Å². The molecule has 1 aliphatic heterocycles. The summed E-state index contributed by atoms with van der Waals surface area (Å²) >= 11 is 0. The molecule has 1 saturated heterocycles. The van der Waals surface area contributed by atoms with Crippen molar-refractivity contribution in [2.24, 2.45) is 46.3 Å². The van der Waals surface area contributed by atoms with Crippen molar-refractivity contribution in [1.82, 2.24) is 14.7 Å². The molecule has 41 heavy (non-hydrogen) atoms. The Morgan fingerprint density at radius 1 is 1.07 bits per heavy atom. The van der Waals surface area contributed by atoms with E-state index in [2.05, 4.69) is 38.7 Å². The first-order valence-electron chi connectivity index (χ1n) is 17.2. The third-order valence-electron chi connectivity index (χ3n) is 13.4. The molecule has 6 rings (SSSR count). The smallest absolute Gasteiger partial charge is 0.319 e. The normalized spacial score (nSPS) is 41.2. The number of urea groups is 1. The fourth-order valence-corrected chi connectivity index (χ4v) is 10.8. The fraction of sp³-hybridized carbons (Fsp3) is 0.886. The van der Waals surface area contributed by atoms with Gasteiger partial charge in [-0.3, -0.25) is 4.79 Å². The number of hydrogen-bond acceptors (Lipinski definition) is 3. The number of hydrogen-bond donors (Lipinski definition) is 1. The van der Waals surface area contributed by atoms with E-state index in [0.29, 0.717) is 54.6 Å². The van der Waals surface area contributed by atoms with Crippen molar-refractivity contribution in [3.05, 3.63) is 11.6 Å². The minimum atomic E-state index is -0.132. The summed E-state index contributed by atoms with van der Waals surface area (Å²) in [6.45, 7) is 12.5. The number of piperazine rings is 1. The maximum atomic E-state index is 13.4. The van der Waals surface area contributed by atoms with Crippen molar-refractivity contribution < 1.29 is 14.7 Å². The molecule has 0 radical (unpaired) electrons. The summed E-state index contributed by atoms with van der Waals surface area (Å²) in [5.74, 6) is 4.62.